The Morgan fingerprint density at radius 3 is 2.52 bits per heavy atom. The molecular formula is C16H26N4O3. The van der Waals surface area contributed by atoms with Crippen molar-refractivity contribution in [3.63, 3.8) is 0 Å². The first kappa shape index (κ1) is 16.4. The Morgan fingerprint density at radius 2 is 1.91 bits per heavy atom. The van der Waals surface area contributed by atoms with Crippen LogP contribution in [0.2, 0.25) is 0 Å². The van der Waals surface area contributed by atoms with Crippen LogP contribution in [0.5, 0.6) is 0 Å². The molecule has 1 aliphatic heterocycles. The predicted octanol–water partition coefficient (Wildman–Crippen LogP) is 0.974. The first-order chi connectivity index (χ1) is 10.8. The lowest BCUT2D eigenvalue weighted by molar-refractivity contribution is -0.158. The van der Waals surface area contributed by atoms with Crippen LogP contribution < -0.4 is 0 Å². The number of hydrogen-bond acceptors (Lipinski definition) is 5. The van der Waals surface area contributed by atoms with Crippen LogP contribution in [0.4, 0.5) is 0 Å². The molecule has 1 atom stereocenters. The number of piperidine rings is 1. The number of aliphatic hydroxyl groups is 2. The topological polar surface area (TPSA) is 91.5 Å². The Labute approximate surface area is 136 Å². The summed E-state index contributed by atoms with van der Waals surface area (Å²) in [6, 6.07) is 0.167. The van der Waals surface area contributed by atoms with Crippen molar-refractivity contribution in [2.24, 2.45) is 0 Å². The molecule has 0 unspecified atom stereocenters. The Kier molecular flexibility index (Phi) is 4.18. The molecular weight excluding hydrogens is 296 g/mol. The number of nitrogens with zero attached hydrogens (tertiary/aromatic N) is 4. The molecule has 23 heavy (non-hydrogen) atoms. The van der Waals surface area contributed by atoms with Gasteiger partial charge in [0.25, 0.3) is 5.91 Å². The molecule has 2 fully saturated rings. The minimum atomic E-state index is -1.24. The van der Waals surface area contributed by atoms with Crippen LogP contribution in [0.15, 0.2) is 6.20 Å². The maximum Gasteiger partial charge on any atom is 0.254 e. The lowest BCUT2D eigenvalue weighted by atomic mass is 9.88. The van der Waals surface area contributed by atoms with Crippen LogP contribution in [0.1, 0.15) is 64.1 Å². The van der Waals surface area contributed by atoms with Crippen molar-refractivity contribution >= 4 is 5.91 Å². The summed E-state index contributed by atoms with van der Waals surface area (Å²) >= 11 is 0. The number of likely N-dealkylation sites (tertiary alicyclic amines) is 1. The average molecular weight is 322 g/mol. The number of hydrogen-bond donors (Lipinski definition) is 2. The summed E-state index contributed by atoms with van der Waals surface area (Å²) in [6.07, 6.45) is 5.78. The summed E-state index contributed by atoms with van der Waals surface area (Å²) in [5.41, 5.74) is -1.92. The standard InChI is InChI=1S/C16H26N4O3/c1-12(2)20-10-13(17-18-20)16(23)8-5-9-19(11-16)14(21)15(22)6-3-4-7-15/h10,12,22-23H,3-9,11H2,1-2H3/t16-/m0/s1. The van der Waals surface area contributed by atoms with E-state index in [0.29, 0.717) is 37.9 Å². The highest BCUT2D eigenvalue weighted by Gasteiger charge is 2.46. The van der Waals surface area contributed by atoms with E-state index >= 15 is 0 Å². The zero-order valence-corrected chi connectivity index (χ0v) is 13.9. The number of amides is 1. The largest absolute Gasteiger partial charge is 0.382 e. The number of β-amino-alcohol motifs (C(OH)–C–C–N with tert-alkyl or cyclic N) is 1. The van der Waals surface area contributed by atoms with Crippen molar-refractivity contribution in [2.45, 2.75) is 69.6 Å². The highest BCUT2D eigenvalue weighted by Crippen LogP contribution is 2.35. The van der Waals surface area contributed by atoms with Gasteiger partial charge in [0, 0.05) is 12.6 Å². The fourth-order valence-corrected chi connectivity index (χ4v) is 3.63. The van der Waals surface area contributed by atoms with E-state index < -0.39 is 11.2 Å². The van der Waals surface area contributed by atoms with Crippen molar-refractivity contribution in [1.29, 1.82) is 0 Å². The molecule has 3 rings (SSSR count). The van der Waals surface area contributed by atoms with Gasteiger partial charge in [-0.25, -0.2) is 4.68 Å². The van der Waals surface area contributed by atoms with Gasteiger partial charge in [0.05, 0.1) is 12.7 Å². The van der Waals surface area contributed by atoms with E-state index in [4.69, 9.17) is 0 Å². The minimum Gasteiger partial charge on any atom is -0.382 e. The second-order valence-corrected chi connectivity index (χ2v) is 7.28. The van der Waals surface area contributed by atoms with Gasteiger partial charge >= 0.3 is 0 Å². The summed E-state index contributed by atoms with van der Waals surface area (Å²) in [5, 5.41) is 29.7. The molecule has 2 heterocycles. The normalized spacial score (nSPS) is 27.6. The first-order valence-electron chi connectivity index (χ1n) is 8.50. The summed E-state index contributed by atoms with van der Waals surface area (Å²) < 4.78 is 1.71. The Bertz CT molecular complexity index is 580. The number of aromatic nitrogens is 3. The van der Waals surface area contributed by atoms with Crippen LogP contribution in [0.3, 0.4) is 0 Å². The zero-order valence-electron chi connectivity index (χ0n) is 13.9. The Hall–Kier alpha value is -1.47. The molecule has 2 N–H and O–H groups in total. The molecule has 0 bridgehead atoms. The van der Waals surface area contributed by atoms with Gasteiger partial charge in [-0.3, -0.25) is 4.79 Å². The molecule has 2 aliphatic rings. The minimum absolute atomic E-state index is 0.167. The van der Waals surface area contributed by atoms with Gasteiger partial charge in [-0.05, 0) is 52.4 Å². The molecule has 0 aromatic carbocycles. The maximum absolute atomic E-state index is 12.7. The van der Waals surface area contributed by atoms with Gasteiger partial charge in [0.15, 0.2) is 0 Å². The molecule has 1 aromatic heterocycles. The molecule has 1 saturated carbocycles. The van der Waals surface area contributed by atoms with Gasteiger partial charge in [-0.15, -0.1) is 5.10 Å². The number of rotatable bonds is 3. The van der Waals surface area contributed by atoms with Gasteiger partial charge < -0.3 is 15.1 Å². The summed E-state index contributed by atoms with van der Waals surface area (Å²) in [5.74, 6) is -0.246. The molecule has 7 heteroatoms. The quantitative estimate of drug-likeness (QED) is 0.865. The summed E-state index contributed by atoms with van der Waals surface area (Å²) in [7, 11) is 0. The molecule has 0 spiro atoms. The van der Waals surface area contributed by atoms with Crippen LogP contribution in [-0.4, -0.2) is 54.7 Å². The number of carbonyl (C=O) groups excluding carboxylic acids is 1. The molecule has 128 valence electrons. The van der Waals surface area contributed by atoms with Gasteiger partial charge in [-0.2, -0.15) is 0 Å². The van der Waals surface area contributed by atoms with Crippen LogP contribution in [0.25, 0.3) is 0 Å². The lowest BCUT2D eigenvalue weighted by Crippen LogP contribution is -2.55. The van der Waals surface area contributed by atoms with Crippen molar-refractivity contribution in [3.05, 3.63) is 11.9 Å². The SMILES string of the molecule is CC(C)n1cc([C@]2(O)CCCN(C(=O)C3(O)CCCC3)C2)nn1. The van der Waals surface area contributed by atoms with Crippen molar-refractivity contribution in [3.8, 4) is 0 Å². The predicted molar refractivity (Wildman–Crippen MR) is 83.5 cm³/mol. The van der Waals surface area contributed by atoms with Crippen LogP contribution in [-0.2, 0) is 10.4 Å². The molecule has 0 radical (unpaired) electrons. The van der Waals surface area contributed by atoms with Crippen molar-refractivity contribution in [2.75, 3.05) is 13.1 Å². The highest BCUT2D eigenvalue weighted by molar-refractivity contribution is 5.85. The molecule has 7 nitrogen and oxygen atoms in total. The van der Waals surface area contributed by atoms with Crippen LogP contribution >= 0.6 is 0 Å². The van der Waals surface area contributed by atoms with Crippen LogP contribution in [0, 0.1) is 0 Å². The van der Waals surface area contributed by atoms with E-state index in [1.54, 1.807) is 15.8 Å². The summed E-state index contributed by atoms with van der Waals surface area (Å²) in [4.78, 5) is 14.3. The summed E-state index contributed by atoms with van der Waals surface area (Å²) in [6.45, 7) is 4.73. The zero-order chi connectivity index (χ0) is 16.7. The Morgan fingerprint density at radius 1 is 1.22 bits per heavy atom. The van der Waals surface area contributed by atoms with E-state index in [1.807, 2.05) is 13.8 Å². The lowest BCUT2D eigenvalue weighted by Gasteiger charge is -2.40. The third kappa shape index (κ3) is 2.99. The third-order valence-electron chi connectivity index (χ3n) is 5.10. The number of carbonyl (C=O) groups is 1. The molecule has 1 saturated heterocycles. The monoisotopic (exact) mass is 322 g/mol. The third-order valence-corrected chi connectivity index (χ3v) is 5.10. The van der Waals surface area contributed by atoms with E-state index in [-0.39, 0.29) is 18.5 Å². The maximum atomic E-state index is 12.7. The average Bonchev–Trinajstić information content (AvgIpc) is 3.16. The van der Waals surface area contributed by atoms with Gasteiger partial charge in [0.2, 0.25) is 0 Å². The van der Waals surface area contributed by atoms with Gasteiger partial charge in [-0.1, -0.05) is 5.21 Å². The smallest absolute Gasteiger partial charge is 0.254 e. The molecule has 1 aliphatic carbocycles. The van der Waals surface area contributed by atoms with E-state index in [9.17, 15) is 15.0 Å². The van der Waals surface area contributed by atoms with E-state index in [1.165, 1.54) is 0 Å². The molecule has 1 aromatic rings. The van der Waals surface area contributed by atoms with E-state index in [0.717, 1.165) is 12.8 Å². The van der Waals surface area contributed by atoms with E-state index in [2.05, 4.69) is 10.3 Å². The second-order valence-electron chi connectivity index (χ2n) is 7.28. The fourth-order valence-electron chi connectivity index (χ4n) is 3.63. The fraction of sp³-hybridized carbons (Fsp3) is 0.812. The van der Waals surface area contributed by atoms with Crippen molar-refractivity contribution < 1.29 is 15.0 Å². The van der Waals surface area contributed by atoms with Gasteiger partial charge in [0.1, 0.15) is 16.9 Å². The Balaban J connectivity index is 1.77. The first-order valence-corrected chi connectivity index (χ1v) is 8.50. The van der Waals surface area contributed by atoms with Crippen molar-refractivity contribution in [1.82, 2.24) is 19.9 Å². The highest BCUT2D eigenvalue weighted by atomic mass is 16.3. The molecule has 1 amide bonds. The second kappa shape index (κ2) is 5.87.